The van der Waals surface area contributed by atoms with Crippen molar-refractivity contribution in [3.05, 3.63) is 23.3 Å². The molecule has 2 fully saturated rings. The molecule has 1 saturated carbocycles. The number of aromatic nitrogens is 6. The van der Waals surface area contributed by atoms with Crippen LogP contribution in [-0.2, 0) is 16.8 Å². The monoisotopic (exact) mass is 374 g/mol. The minimum atomic E-state index is -0.428. The lowest BCUT2D eigenvalue weighted by Gasteiger charge is -2.34. The number of tetrazole rings is 1. The van der Waals surface area contributed by atoms with E-state index in [-0.39, 0.29) is 5.91 Å². The Kier molecular flexibility index (Phi) is 4.68. The number of amides is 1. The van der Waals surface area contributed by atoms with E-state index in [1.54, 1.807) is 11.8 Å². The molecule has 146 valence electrons. The smallest absolute Gasteiger partial charge is 0.274 e. The summed E-state index contributed by atoms with van der Waals surface area (Å²) in [7, 11) is 5.66. The van der Waals surface area contributed by atoms with Gasteiger partial charge in [0.2, 0.25) is 0 Å². The van der Waals surface area contributed by atoms with Crippen LogP contribution in [0.1, 0.15) is 47.2 Å². The zero-order chi connectivity index (χ0) is 19.0. The van der Waals surface area contributed by atoms with Gasteiger partial charge in [0.25, 0.3) is 5.91 Å². The number of ether oxygens (including phenoxy) is 1. The third-order valence-corrected chi connectivity index (χ3v) is 5.68. The summed E-state index contributed by atoms with van der Waals surface area (Å²) in [5.74, 6) is 1.27. The predicted octanol–water partition coefficient (Wildman–Crippen LogP) is 0.223. The number of hydrogen-bond donors (Lipinski definition) is 1. The SMILES string of the molecule is COCCn1nnnc1C1(N(C)C)CCN(C(=O)c2cc(C3CC3)[nH]n2)C1. The lowest BCUT2D eigenvalue weighted by molar-refractivity contribution is 0.0731. The Hall–Kier alpha value is -2.33. The first-order valence-corrected chi connectivity index (χ1v) is 9.33. The van der Waals surface area contributed by atoms with Gasteiger partial charge in [-0.05, 0) is 49.9 Å². The Morgan fingerprint density at radius 3 is 2.96 bits per heavy atom. The summed E-state index contributed by atoms with van der Waals surface area (Å²) in [4.78, 5) is 16.9. The molecule has 3 heterocycles. The molecule has 2 aromatic heterocycles. The van der Waals surface area contributed by atoms with Crippen molar-refractivity contribution in [2.24, 2.45) is 0 Å². The number of carbonyl (C=O) groups excluding carboxylic acids is 1. The molecule has 0 aromatic carbocycles. The molecule has 0 radical (unpaired) electrons. The Morgan fingerprint density at radius 1 is 1.44 bits per heavy atom. The van der Waals surface area contributed by atoms with E-state index in [1.807, 2.05) is 25.1 Å². The van der Waals surface area contributed by atoms with Crippen LogP contribution in [0.5, 0.6) is 0 Å². The molecule has 10 heteroatoms. The summed E-state index contributed by atoms with van der Waals surface area (Å²) < 4.78 is 6.94. The second kappa shape index (κ2) is 7.01. The molecule has 2 aromatic rings. The number of carbonyl (C=O) groups is 1. The van der Waals surface area contributed by atoms with Crippen LogP contribution in [0.15, 0.2) is 6.07 Å². The van der Waals surface area contributed by atoms with Crippen LogP contribution >= 0.6 is 0 Å². The van der Waals surface area contributed by atoms with Crippen molar-refractivity contribution in [2.75, 3.05) is 40.9 Å². The highest BCUT2D eigenvalue weighted by Gasteiger charge is 2.47. The van der Waals surface area contributed by atoms with E-state index >= 15 is 0 Å². The second-order valence-electron chi connectivity index (χ2n) is 7.60. The molecule has 4 rings (SSSR count). The maximum atomic E-state index is 13.0. The van der Waals surface area contributed by atoms with Gasteiger partial charge in [-0.15, -0.1) is 5.10 Å². The fourth-order valence-electron chi connectivity index (χ4n) is 3.79. The molecule has 1 aliphatic heterocycles. The van der Waals surface area contributed by atoms with Gasteiger partial charge in [0.1, 0.15) is 11.2 Å². The zero-order valence-corrected chi connectivity index (χ0v) is 16.1. The largest absolute Gasteiger partial charge is 0.383 e. The van der Waals surface area contributed by atoms with E-state index in [4.69, 9.17) is 4.74 Å². The van der Waals surface area contributed by atoms with Crippen LogP contribution in [0.2, 0.25) is 0 Å². The summed E-state index contributed by atoms with van der Waals surface area (Å²) in [6, 6.07) is 1.90. The molecule has 1 saturated heterocycles. The number of likely N-dealkylation sites (tertiary alicyclic amines) is 1. The minimum absolute atomic E-state index is 0.0437. The summed E-state index contributed by atoms with van der Waals surface area (Å²) in [5, 5.41) is 19.5. The Bertz CT molecular complexity index is 811. The van der Waals surface area contributed by atoms with Crippen molar-refractivity contribution in [3.63, 3.8) is 0 Å². The van der Waals surface area contributed by atoms with Crippen LogP contribution in [0.4, 0.5) is 0 Å². The van der Waals surface area contributed by atoms with Crippen molar-refractivity contribution >= 4 is 5.91 Å². The minimum Gasteiger partial charge on any atom is -0.383 e. The summed E-state index contributed by atoms with van der Waals surface area (Å²) in [6.07, 6.45) is 3.11. The summed E-state index contributed by atoms with van der Waals surface area (Å²) in [6.45, 7) is 2.27. The Balaban J connectivity index is 1.55. The lowest BCUT2D eigenvalue weighted by Crippen LogP contribution is -2.47. The van der Waals surface area contributed by atoms with E-state index in [2.05, 4.69) is 30.6 Å². The highest BCUT2D eigenvalue weighted by Crippen LogP contribution is 2.39. The zero-order valence-electron chi connectivity index (χ0n) is 16.1. The number of likely N-dealkylation sites (N-methyl/N-ethyl adjacent to an activating group) is 1. The molecular weight excluding hydrogens is 348 g/mol. The fraction of sp³-hybridized carbons (Fsp3) is 0.706. The Labute approximate surface area is 157 Å². The molecule has 1 aliphatic carbocycles. The number of rotatable bonds is 7. The molecular formula is C17H26N8O2. The normalized spacial score (nSPS) is 22.7. The van der Waals surface area contributed by atoms with Crippen molar-refractivity contribution in [1.82, 2.24) is 40.2 Å². The van der Waals surface area contributed by atoms with Gasteiger partial charge in [-0.2, -0.15) is 5.10 Å². The van der Waals surface area contributed by atoms with Crippen LogP contribution < -0.4 is 0 Å². The molecule has 1 atom stereocenters. The van der Waals surface area contributed by atoms with Gasteiger partial charge in [0, 0.05) is 31.8 Å². The number of aromatic amines is 1. The number of H-pyrrole nitrogens is 1. The number of methoxy groups -OCH3 is 1. The van der Waals surface area contributed by atoms with E-state index in [9.17, 15) is 4.79 Å². The third-order valence-electron chi connectivity index (χ3n) is 5.68. The van der Waals surface area contributed by atoms with Crippen molar-refractivity contribution < 1.29 is 9.53 Å². The van der Waals surface area contributed by atoms with Gasteiger partial charge in [-0.25, -0.2) is 4.68 Å². The van der Waals surface area contributed by atoms with E-state index in [1.165, 1.54) is 12.8 Å². The first-order chi connectivity index (χ1) is 13.0. The van der Waals surface area contributed by atoms with E-state index < -0.39 is 5.54 Å². The van der Waals surface area contributed by atoms with Crippen LogP contribution in [0, 0.1) is 0 Å². The van der Waals surface area contributed by atoms with Crippen LogP contribution in [0.25, 0.3) is 0 Å². The molecule has 0 bridgehead atoms. The third kappa shape index (κ3) is 3.23. The van der Waals surface area contributed by atoms with E-state index in [0.29, 0.717) is 37.9 Å². The molecule has 0 spiro atoms. The predicted molar refractivity (Wildman–Crippen MR) is 96.1 cm³/mol. The Morgan fingerprint density at radius 2 is 2.26 bits per heavy atom. The lowest BCUT2D eigenvalue weighted by atomic mass is 9.96. The first kappa shape index (κ1) is 18.1. The van der Waals surface area contributed by atoms with Crippen LogP contribution in [0.3, 0.4) is 0 Å². The number of nitrogens with one attached hydrogen (secondary N) is 1. The fourth-order valence-corrected chi connectivity index (χ4v) is 3.79. The highest BCUT2D eigenvalue weighted by atomic mass is 16.5. The van der Waals surface area contributed by atoms with Gasteiger partial charge in [-0.3, -0.25) is 14.8 Å². The standard InChI is InChI=1S/C17H26N8O2/c1-23(2)17(16-20-21-22-25(16)8-9-27-3)6-7-24(11-17)15(26)14-10-13(18-19-14)12-4-5-12/h10,12H,4-9,11H2,1-3H3,(H,18,19). The summed E-state index contributed by atoms with van der Waals surface area (Å²) in [5.41, 5.74) is 1.13. The van der Waals surface area contributed by atoms with Gasteiger partial charge >= 0.3 is 0 Å². The highest BCUT2D eigenvalue weighted by molar-refractivity contribution is 5.92. The van der Waals surface area contributed by atoms with Crippen LogP contribution in [-0.4, -0.2) is 87.0 Å². The molecule has 2 aliphatic rings. The maximum Gasteiger partial charge on any atom is 0.274 e. The number of hydrogen-bond acceptors (Lipinski definition) is 7. The average Bonchev–Trinajstić information content (AvgIpc) is 3.08. The van der Waals surface area contributed by atoms with Crippen molar-refractivity contribution in [1.29, 1.82) is 0 Å². The topological polar surface area (TPSA) is 105 Å². The first-order valence-electron chi connectivity index (χ1n) is 9.33. The van der Waals surface area contributed by atoms with Gasteiger partial charge in [-0.1, -0.05) is 0 Å². The van der Waals surface area contributed by atoms with Gasteiger partial charge < -0.3 is 9.64 Å². The van der Waals surface area contributed by atoms with Gasteiger partial charge in [0.05, 0.1) is 13.2 Å². The second-order valence-corrected chi connectivity index (χ2v) is 7.60. The van der Waals surface area contributed by atoms with E-state index in [0.717, 1.165) is 17.9 Å². The molecule has 1 unspecified atom stereocenters. The average molecular weight is 374 g/mol. The molecule has 27 heavy (non-hydrogen) atoms. The summed E-state index contributed by atoms with van der Waals surface area (Å²) >= 11 is 0. The maximum absolute atomic E-state index is 13.0. The molecule has 1 N–H and O–H groups in total. The molecule has 10 nitrogen and oxygen atoms in total. The van der Waals surface area contributed by atoms with Crippen molar-refractivity contribution in [3.8, 4) is 0 Å². The number of nitrogens with zero attached hydrogens (tertiary/aromatic N) is 7. The quantitative estimate of drug-likeness (QED) is 0.739. The van der Waals surface area contributed by atoms with Gasteiger partial charge in [0.15, 0.2) is 5.82 Å². The van der Waals surface area contributed by atoms with Crippen molar-refractivity contribution in [2.45, 2.75) is 37.3 Å². The molecule has 1 amide bonds.